The number of nitrogen functional groups attached to an aromatic ring is 1. The Morgan fingerprint density at radius 3 is 2.65 bits per heavy atom. The first-order chi connectivity index (χ1) is 8.16. The lowest BCUT2D eigenvalue weighted by atomic mass is 10.2. The number of hydrogen-bond acceptors (Lipinski definition) is 2. The van der Waals surface area contributed by atoms with E-state index in [2.05, 4.69) is 22.0 Å². The molecular formula is C13H11BrClNS. The summed E-state index contributed by atoms with van der Waals surface area (Å²) in [5, 5.41) is 0.726. The molecule has 2 aromatic carbocycles. The normalized spacial score (nSPS) is 10.5. The molecule has 0 atom stereocenters. The van der Waals surface area contributed by atoms with Crippen LogP contribution in [0.1, 0.15) is 5.56 Å². The zero-order valence-corrected chi connectivity index (χ0v) is 12.1. The van der Waals surface area contributed by atoms with Gasteiger partial charge in [0.25, 0.3) is 0 Å². The maximum atomic E-state index is 6.13. The molecule has 0 heterocycles. The Labute approximate surface area is 118 Å². The molecule has 0 spiro atoms. The fourth-order valence-electron chi connectivity index (χ4n) is 1.40. The van der Waals surface area contributed by atoms with Gasteiger partial charge in [-0.1, -0.05) is 29.8 Å². The lowest BCUT2D eigenvalue weighted by Gasteiger charge is -2.06. The van der Waals surface area contributed by atoms with Crippen LogP contribution in [0.15, 0.2) is 51.8 Å². The van der Waals surface area contributed by atoms with E-state index in [0.29, 0.717) is 5.69 Å². The number of rotatable bonds is 3. The summed E-state index contributed by atoms with van der Waals surface area (Å²) in [6.07, 6.45) is 0. The molecule has 1 nitrogen and oxygen atoms in total. The SMILES string of the molecule is Nc1ccc(CSc2ccccc2Br)c(Cl)c1. The standard InChI is InChI=1S/C13H11BrClNS/c14-11-3-1-2-4-13(11)17-8-9-5-6-10(16)7-12(9)15/h1-7H,8,16H2. The molecule has 0 radical (unpaired) electrons. The first kappa shape index (κ1) is 12.8. The molecule has 0 saturated heterocycles. The molecule has 88 valence electrons. The van der Waals surface area contributed by atoms with Crippen LogP contribution < -0.4 is 5.73 Å². The van der Waals surface area contributed by atoms with E-state index in [0.717, 1.165) is 20.8 Å². The summed E-state index contributed by atoms with van der Waals surface area (Å²) in [7, 11) is 0. The van der Waals surface area contributed by atoms with E-state index in [1.54, 1.807) is 17.8 Å². The van der Waals surface area contributed by atoms with Crippen molar-refractivity contribution in [1.29, 1.82) is 0 Å². The van der Waals surface area contributed by atoms with Gasteiger partial charge in [0.15, 0.2) is 0 Å². The number of hydrogen-bond donors (Lipinski definition) is 1. The van der Waals surface area contributed by atoms with E-state index in [4.69, 9.17) is 17.3 Å². The second kappa shape index (κ2) is 5.80. The molecule has 0 aliphatic rings. The van der Waals surface area contributed by atoms with Crippen LogP contribution in [0.2, 0.25) is 5.02 Å². The van der Waals surface area contributed by atoms with E-state index < -0.39 is 0 Å². The van der Waals surface area contributed by atoms with Gasteiger partial charge in [-0.3, -0.25) is 0 Å². The fourth-order valence-corrected chi connectivity index (χ4v) is 3.30. The molecule has 0 aliphatic heterocycles. The Balaban J connectivity index is 2.10. The van der Waals surface area contributed by atoms with E-state index in [9.17, 15) is 0 Å². The van der Waals surface area contributed by atoms with Crippen molar-refractivity contribution < 1.29 is 0 Å². The fraction of sp³-hybridized carbons (Fsp3) is 0.0769. The Kier molecular flexibility index (Phi) is 4.37. The highest BCUT2D eigenvalue weighted by atomic mass is 79.9. The highest BCUT2D eigenvalue weighted by molar-refractivity contribution is 9.10. The Bertz CT molecular complexity index is 531. The van der Waals surface area contributed by atoms with Crippen LogP contribution in [0.3, 0.4) is 0 Å². The van der Waals surface area contributed by atoms with Crippen LogP contribution in [0.25, 0.3) is 0 Å². The summed E-state index contributed by atoms with van der Waals surface area (Å²) in [5.41, 5.74) is 7.46. The third-order valence-electron chi connectivity index (χ3n) is 2.30. The van der Waals surface area contributed by atoms with Gasteiger partial charge in [0, 0.05) is 25.8 Å². The molecule has 0 bridgehead atoms. The summed E-state index contributed by atoms with van der Waals surface area (Å²) >= 11 is 11.4. The van der Waals surface area contributed by atoms with E-state index in [-0.39, 0.29) is 0 Å². The maximum absolute atomic E-state index is 6.13. The highest BCUT2D eigenvalue weighted by Gasteiger charge is 2.04. The summed E-state index contributed by atoms with van der Waals surface area (Å²) in [4.78, 5) is 1.21. The van der Waals surface area contributed by atoms with Crippen LogP contribution in [0.5, 0.6) is 0 Å². The Morgan fingerprint density at radius 2 is 1.94 bits per heavy atom. The minimum atomic E-state index is 0.699. The molecule has 0 unspecified atom stereocenters. The molecule has 0 aliphatic carbocycles. The van der Waals surface area contributed by atoms with Crippen molar-refractivity contribution in [1.82, 2.24) is 0 Å². The molecule has 0 saturated carbocycles. The monoisotopic (exact) mass is 327 g/mol. The van der Waals surface area contributed by atoms with Gasteiger partial charge < -0.3 is 5.73 Å². The van der Waals surface area contributed by atoms with E-state index in [1.807, 2.05) is 30.3 Å². The minimum Gasteiger partial charge on any atom is -0.399 e. The Morgan fingerprint density at radius 1 is 1.18 bits per heavy atom. The summed E-state index contributed by atoms with van der Waals surface area (Å²) < 4.78 is 1.11. The lowest BCUT2D eigenvalue weighted by molar-refractivity contribution is 1.36. The summed E-state index contributed by atoms with van der Waals surface area (Å²) in [6, 6.07) is 13.8. The molecule has 2 rings (SSSR count). The molecule has 0 fully saturated rings. The number of anilines is 1. The first-order valence-corrected chi connectivity index (χ1v) is 7.23. The molecular weight excluding hydrogens is 318 g/mol. The van der Waals surface area contributed by atoms with Gasteiger partial charge in [0.1, 0.15) is 0 Å². The smallest absolute Gasteiger partial charge is 0.0466 e. The van der Waals surface area contributed by atoms with Crippen molar-refractivity contribution in [2.24, 2.45) is 0 Å². The molecule has 2 N–H and O–H groups in total. The van der Waals surface area contributed by atoms with Gasteiger partial charge >= 0.3 is 0 Å². The Hall–Kier alpha value is -0.640. The zero-order valence-electron chi connectivity index (χ0n) is 8.99. The van der Waals surface area contributed by atoms with Crippen LogP contribution in [0.4, 0.5) is 5.69 Å². The average Bonchev–Trinajstić information content (AvgIpc) is 2.30. The van der Waals surface area contributed by atoms with Crippen molar-refractivity contribution >= 4 is 45.0 Å². The molecule has 4 heteroatoms. The van der Waals surface area contributed by atoms with Crippen molar-refractivity contribution in [2.75, 3.05) is 5.73 Å². The quantitative estimate of drug-likeness (QED) is 0.635. The van der Waals surface area contributed by atoms with E-state index >= 15 is 0 Å². The number of halogens is 2. The first-order valence-electron chi connectivity index (χ1n) is 5.08. The average molecular weight is 329 g/mol. The molecule has 0 amide bonds. The van der Waals surface area contributed by atoms with E-state index in [1.165, 1.54) is 4.90 Å². The maximum Gasteiger partial charge on any atom is 0.0466 e. The van der Waals surface area contributed by atoms with Crippen LogP contribution in [0, 0.1) is 0 Å². The molecule has 17 heavy (non-hydrogen) atoms. The highest BCUT2D eigenvalue weighted by Crippen LogP contribution is 2.32. The number of benzene rings is 2. The molecule has 2 aromatic rings. The third kappa shape index (κ3) is 3.41. The summed E-state index contributed by atoms with van der Waals surface area (Å²) in [5.74, 6) is 0.835. The number of thioether (sulfide) groups is 1. The second-order valence-corrected chi connectivity index (χ2v) is 5.85. The van der Waals surface area contributed by atoms with Crippen LogP contribution in [-0.4, -0.2) is 0 Å². The predicted molar refractivity (Wildman–Crippen MR) is 79.6 cm³/mol. The summed E-state index contributed by atoms with van der Waals surface area (Å²) in [6.45, 7) is 0. The van der Waals surface area contributed by atoms with Gasteiger partial charge in [0.05, 0.1) is 0 Å². The van der Waals surface area contributed by atoms with Crippen LogP contribution >= 0.6 is 39.3 Å². The van der Waals surface area contributed by atoms with Gasteiger partial charge in [-0.05, 0) is 45.8 Å². The zero-order chi connectivity index (χ0) is 12.3. The van der Waals surface area contributed by atoms with Crippen molar-refractivity contribution in [2.45, 2.75) is 10.6 Å². The van der Waals surface area contributed by atoms with Gasteiger partial charge in [0.2, 0.25) is 0 Å². The van der Waals surface area contributed by atoms with Gasteiger partial charge in [-0.15, -0.1) is 11.8 Å². The predicted octanol–water partition coefficient (Wildman–Crippen LogP) is 4.98. The van der Waals surface area contributed by atoms with Gasteiger partial charge in [-0.25, -0.2) is 0 Å². The third-order valence-corrected chi connectivity index (χ3v) is 4.73. The molecule has 0 aromatic heterocycles. The van der Waals surface area contributed by atoms with Crippen molar-refractivity contribution in [3.05, 3.63) is 57.5 Å². The number of nitrogens with two attached hydrogens (primary N) is 1. The minimum absolute atomic E-state index is 0.699. The van der Waals surface area contributed by atoms with Crippen molar-refractivity contribution in [3.8, 4) is 0 Å². The second-order valence-electron chi connectivity index (χ2n) is 3.57. The largest absolute Gasteiger partial charge is 0.399 e. The van der Waals surface area contributed by atoms with Gasteiger partial charge in [-0.2, -0.15) is 0 Å². The van der Waals surface area contributed by atoms with Crippen molar-refractivity contribution in [3.63, 3.8) is 0 Å². The van der Waals surface area contributed by atoms with Crippen LogP contribution in [-0.2, 0) is 5.75 Å². The lowest BCUT2D eigenvalue weighted by Crippen LogP contribution is -1.88. The topological polar surface area (TPSA) is 26.0 Å².